The number of carboxylic acids is 1. The molecule has 0 unspecified atom stereocenters. The van der Waals surface area contributed by atoms with Gasteiger partial charge in [0.15, 0.2) is 0 Å². The van der Waals surface area contributed by atoms with E-state index in [9.17, 15) is 9.59 Å². The molecule has 0 bridgehead atoms. The number of anilines is 1. The lowest BCUT2D eigenvalue weighted by atomic mass is 10.1. The summed E-state index contributed by atoms with van der Waals surface area (Å²) in [5.41, 5.74) is 0.534. The van der Waals surface area contributed by atoms with Gasteiger partial charge in [-0.25, -0.2) is 4.79 Å². The average molecular weight is 354 g/mol. The first kappa shape index (κ1) is 17.1. The number of ether oxygens (including phenoxy) is 1. The van der Waals surface area contributed by atoms with Crippen LogP contribution in [-0.2, 0) is 0 Å². The molecule has 0 aliphatic carbocycles. The predicted molar refractivity (Wildman–Crippen MR) is 89.0 cm³/mol. The van der Waals surface area contributed by atoms with Crippen molar-refractivity contribution >= 4 is 40.8 Å². The lowest BCUT2D eigenvalue weighted by molar-refractivity contribution is 0.0696. The second-order valence-corrected chi connectivity index (χ2v) is 5.35. The molecular weight excluding hydrogens is 341 g/mol. The topological polar surface area (TPSA) is 75.6 Å². The van der Waals surface area contributed by atoms with Crippen LogP contribution in [-0.4, -0.2) is 23.6 Å². The maximum atomic E-state index is 12.3. The highest BCUT2D eigenvalue weighted by atomic mass is 35.5. The summed E-state index contributed by atoms with van der Waals surface area (Å²) in [6.45, 7) is 2.29. The third-order valence-corrected chi connectivity index (χ3v) is 3.58. The van der Waals surface area contributed by atoms with Crippen LogP contribution < -0.4 is 10.1 Å². The van der Waals surface area contributed by atoms with Gasteiger partial charge in [-0.15, -0.1) is 0 Å². The number of aromatic carboxylic acids is 1. The molecule has 0 heterocycles. The molecule has 2 rings (SSSR count). The van der Waals surface area contributed by atoms with Crippen LogP contribution in [0.25, 0.3) is 0 Å². The second kappa shape index (κ2) is 7.35. The van der Waals surface area contributed by atoms with Gasteiger partial charge in [0, 0.05) is 5.56 Å². The third-order valence-electron chi connectivity index (χ3n) is 2.96. The smallest absolute Gasteiger partial charge is 0.335 e. The fourth-order valence-corrected chi connectivity index (χ4v) is 2.26. The SMILES string of the molecule is CCOc1ccc(C(=O)Nc2cc(C(=O)O)ccc2Cl)cc1Cl. The van der Waals surface area contributed by atoms with E-state index in [0.29, 0.717) is 22.9 Å². The number of benzene rings is 2. The molecule has 2 N–H and O–H groups in total. The Bertz CT molecular complexity index is 762. The Morgan fingerprint density at radius 3 is 2.39 bits per heavy atom. The number of nitrogens with one attached hydrogen (secondary N) is 1. The molecule has 0 spiro atoms. The van der Waals surface area contributed by atoms with E-state index in [0.717, 1.165) is 0 Å². The normalized spacial score (nSPS) is 10.2. The molecule has 23 heavy (non-hydrogen) atoms. The minimum Gasteiger partial charge on any atom is -0.492 e. The Morgan fingerprint density at radius 2 is 1.78 bits per heavy atom. The van der Waals surface area contributed by atoms with Gasteiger partial charge in [-0.05, 0) is 43.3 Å². The molecule has 5 nitrogen and oxygen atoms in total. The van der Waals surface area contributed by atoms with Crippen molar-refractivity contribution in [2.45, 2.75) is 6.92 Å². The standard InChI is InChI=1S/C16H13Cl2NO4/c1-2-23-14-6-4-9(7-12(14)18)15(20)19-13-8-10(16(21)22)3-5-11(13)17/h3-8H,2H2,1H3,(H,19,20)(H,21,22). The zero-order valence-electron chi connectivity index (χ0n) is 12.1. The van der Waals surface area contributed by atoms with Crippen molar-refractivity contribution in [3.63, 3.8) is 0 Å². The summed E-state index contributed by atoms with van der Waals surface area (Å²) < 4.78 is 5.30. The lowest BCUT2D eigenvalue weighted by Crippen LogP contribution is -2.13. The summed E-state index contributed by atoms with van der Waals surface area (Å²) in [6.07, 6.45) is 0. The number of hydrogen-bond donors (Lipinski definition) is 2. The maximum absolute atomic E-state index is 12.3. The van der Waals surface area contributed by atoms with Gasteiger partial charge >= 0.3 is 5.97 Å². The second-order valence-electron chi connectivity index (χ2n) is 4.53. The van der Waals surface area contributed by atoms with E-state index in [1.807, 2.05) is 6.92 Å². The maximum Gasteiger partial charge on any atom is 0.335 e. The number of carboxylic acid groups (broad SMARTS) is 1. The van der Waals surface area contributed by atoms with Gasteiger partial charge in [0.05, 0.1) is 27.9 Å². The molecule has 0 saturated heterocycles. The number of amides is 1. The predicted octanol–water partition coefficient (Wildman–Crippen LogP) is 4.34. The Hall–Kier alpha value is -2.24. The monoisotopic (exact) mass is 353 g/mol. The highest BCUT2D eigenvalue weighted by Gasteiger charge is 2.13. The summed E-state index contributed by atoms with van der Waals surface area (Å²) in [5.74, 6) is -1.09. The van der Waals surface area contributed by atoms with Crippen molar-refractivity contribution in [2.24, 2.45) is 0 Å². The van der Waals surface area contributed by atoms with Gasteiger partial charge in [0.25, 0.3) is 5.91 Å². The highest BCUT2D eigenvalue weighted by molar-refractivity contribution is 6.34. The first-order valence-corrected chi connectivity index (χ1v) is 7.44. The van der Waals surface area contributed by atoms with Crippen molar-refractivity contribution in [3.8, 4) is 5.75 Å². The third kappa shape index (κ3) is 4.15. The first-order chi connectivity index (χ1) is 10.9. The molecule has 1 amide bonds. The van der Waals surface area contributed by atoms with Gasteiger partial charge in [-0.3, -0.25) is 4.79 Å². The minimum absolute atomic E-state index is 0.0226. The van der Waals surface area contributed by atoms with Gasteiger partial charge in [0.2, 0.25) is 0 Å². The molecule has 0 saturated carbocycles. The van der Waals surface area contributed by atoms with Crippen LogP contribution in [0.5, 0.6) is 5.75 Å². The molecule has 7 heteroatoms. The van der Waals surface area contributed by atoms with Crippen molar-refractivity contribution in [1.82, 2.24) is 0 Å². The molecule has 0 fully saturated rings. The number of hydrogen-bond acceptors (Lipinski definition) is 3. The summed E-state index contributed by atoms with van der Waals surface area (Å²) in [4.78, 5) is 23.2. The zero-order chi connectivity index (χ0) is 17.0. The summed E-state index contributed by atoms with van der Waals surface area (Å²) >= 11 is 12.0. The zero-order valence-corrected chi connectivity index (χ0v) is 13.6. The highest BCUT2D eigenvalue weighted by Crippen LogP contribution is 2.27. The molecule has 120 valence electrons. The largest absolute Gasteiger partial charge is 0.492 e. The van der Waals surface area contributed by atoms with E-state index in [2.05, 4.69) is 5.32 Å². The van der Waals surface area contributed by atoms with E-state index in [4.69, 9.17) is 33.0 Å². The molecule has 2 aromatic rings. The Balaban J connectivity index is 2.24. The molecule has 0 aromatic heterocycles. The summed E-state index contributed by atoms with van der Waals surface area (Å²) in [7, 11) is 0. The van der Waals surface area contributed by atoms with Gasteiger partial charge in [-0.2, -0.15) is 0 Å². The lowest BCUT2D eigenvalue weighted by Gasteiger charge is -2.10. The minimum atomic E-state index is -1.11. The van der Waals surface area contributed by atoms with Crippen LogP contribution in [0.15, 0.2) is 36.4 Å². The van der Waals surface area contributed by atoms with Crippen molar-refractivity contribution < 1.29 is 19.4 Å². The Kier molecular flexibility index (Phi) is 5.47. The average Bonchev–Trinajstić information content (AvgIpc) is 2.51. The van der Waals surface area contributed by atoms with Crippen LogP contribution in [0.4, 0.5) is 5.69 Å². The summed E-state index contributed by atoms with van der Waals surface area (Å²) in [5, 5.41) is 12.1. The molecule has 0 aliphatic rings. The van der Waals surface area contributed by atoms with Crippen molar-refractivity contribution in [2.75, 3.05) is 11.9 Å². The van der Waals surface area contributed by atoms with Crippen LogP contribution in [0.3, 0.4) is 0 Å². The Morgan fingerprint density at radius 1 is 1.09 bits per heavy atom. The van der Waals surface area contributed by atoms with Crippen molar-refractivity contribution in [1.29, 1.82) is 0 Å². The fourth-order valence-electron chi connectivity index (χ4n) is 1.86. The van der Waals surface area contributed by atoms with Crippen LogP contribution in [0.1, 0.15) is 27.6 Å². The van der Waals surface area contributed by atoms with Gasteiger partial charge in [-0.1, -0.05) is 23.2 Å². The van der Waals surface area contributed by atoms with Gasteiger partial charge in [0.1, 0.15) is 5.75 Å². The Labute approximate surface area is 142 Å². The first-order valence-electron chi connectivity index (χ1n) is 6.69. The fraction of sp³-hybridized carbons (Fsp3) is 0.125. The van der Waals surface area contributed by atoms with Crippen LogP contribution in [0, 0.1) is 0 Å². The summed E-state index contributed by atoms with van der Waals surface area (Å²) in [6, 6.07) is 8.67. The van der Waals surface area contributed by atoms with Crippen LogP contribution in [0.2, 0.25) is 10.0 Å². The number of halogens is 2. The molecule has 0 atom stereocenters. The van der Waals surface area contributed by atoms with Crippen molar-refractivity contribution in [3.05, 3.63) is 57.6 Å². The quantitative estimate of drug-likeness (QED) is 0.837. The van der Waals surface area contributed by atoms with E-state index in [-0.39, 0.29) is 16.3 Å². The molecular formula is C16H13Cl2NO4. The molecule has 0 aliphatic heterocycles. The number of rotatable bonds is 5. The van der Waals surface area contributed by atoms with E-state index < -0.39 is 11.9 Å². The number of carbonyl (C=O) groups excluding carboxylic acids is 1. The molecule has 2 aromatic carbocycles. The van der Waals surface area contributed by atoms with E-state index in [1.165, 1.54) is 24.3 Å². The van der Waals surface area contributed by atoms with Crippen LogP contribution >= 0.6 is 23.2 Å². The van der Waals surface area contributed by atoms with Gasteiger partial charge < -0.3 is 15.2 Å². The number of carbonyl (C=O) groups is 2. The molecule has 0 radical (unpaired) electrons. The van der Waals surface area contributed by atoms with E-state index in [1.54, 1.807) is 12.1 Å². The van der Waals surface area contributed by atoms with E-state index >= 15 is 0 Å².